The van der Waals surface area contributed by atoms with Gasteiger partial charge in [-0.3, -0.25) is 4.79 Å². The summed E-state index contributed by atoms with van der Waals surface area (Å²) in [4.78, 5) is 20.0. The normalized spacial score (nSPS) is 21.3. The van der Waals surface area contributed by atoms with Gasteiger partial charge in [0.2, 0.25) is 5.91 Å². The van der Waals surface area contributed by atoms with E-state index in [0.717, 1.165) is 24.2 Å². The number of aromatic nitrogens is 3. The van der Waals surface area contributed by atoms with E-state index in [0.29, 0.717) is 51.1 Å². The molecule has 2 aliphatic rings. The average Bonchev–Trinajstić information content (AvgIpc) is 3.40. The second-order valence-electron chi connectivity index (χ2n) is 8.72. The Morgan fingerprint density at radius 2 is 2.03 bits per heavy atom. The Balaban J connectivity index is 1.38. The van der Waals surface area contributed by atoms with Gasteiger partial charge in [0.25, 0.3) is 0 Å². The van der Waals surface area contributed by atoms with Gasteiger partial charge in [-0.2, -0.15) is 5.10 Å². The Morgan fingerprint density at radius 3 is 2.87 bits per heavy atom. The van der Waals surface area contributed by atoms with Crippen molar-refractivity contribution in [3.63, 3.8) is 0 Å². The molecule has 1 saturated heterocycles. The van der Waals surface area contributed by atoms with Crippen molar-refractivity contribution in [3.8, 4) is 0 Å². The highest BCUT2D eigenvalue weighted by Crippen LogP contribution is 2.43. The molecule has 162 valence electrons. The summed E-state index contributed by atoms with van der Waals surface area (Å²) < 4.78 is 22.4. The summed E-state index contributed by atoms with van der Waals surface area (Å²) >= 11 is 0. The van der Waals surface area contributed by atoms with E-state index < -0.39 is 5.41 Å². The summed E-state index contributed by atoms with van der Waals surface area (Å²) in [6, 6.07) is 10.7. The van der Waals surface area contributed by atoms with Crippen molar-refractivity contribution in [2.45, 2.75) is 37.5 Å². The molecule has 1 aliphatic heterocycles. The Morgan fingerprint density at radius 1 is 1.19 bits per heavy atom. The van der Waals surface area contributed by atoms with Crippen LogP contribution < -0.4 is 0 Å². The molecule has 3 aromatic rings. The lowest BCUT2D eigenvalue weighted by molar-refractivity contribution is -0.138. The van der Waals surface area contributed by atoms with Gasteiger partial charge in [-0.05, 0) is 37.5 Å². The minimum atomic E-state index is -0.756. The highest BCUT2D eigenvalue weighted by Gasteiger charge is 2.46. The molecule has 1 amide bonds. The molecule has 0 bridgehead atoms. The molecule has 0 spiro atoms. The van der Waals surface area contributed by atoms with Gasteiger partial charge in [0.1, 0.15) is 5.82 Å². The first-order valence-electron chi connectivity index (χ1n) is 11.1. The fraction of sp³-hybridized carbons (Fsp3) is 0.458. The maximum atomic E-state index is 14.7. The third-order valence-electron chi connectivity index (χ3n) is 6.69. The monoisotopic (exact) mass is 422 g/mol. The van der Waals surface area contributed by atoms with Crippen molar-refractivity contribution < 1.29 is 13.9 Å². The van der Waals surface area contributed by atoms with Crippen molar-refractivity contribution in [1.82, 2.24) is 19.5 Å². The highest BCUT2D eigenvalue weighted by molar-refractivity contribution is 5.88. The Hall–Kier alpha value is -2.80. The maximum Gasteiger partial charge on any atom is 0.233 e. The summed E-state index contributed by atoms with van der Waals surface area (Å²) in [6.07, 6.45) is 7.57. The van der Waals surface area contributed by atoms with E-state index in [1.165, 1.54) is 6.07 Å². The van der Waals surface area contributed by atoms with E-state index in [1.54, 1.807) is 22.8 Å². The van der Waals surface area contributed by atoms with E-state index >= 15 is 0 Å². The van der Waals surface area contributed by atoms with Gasteiger partial charge in [-0.25, -0.2) is 13.9 Å². The number of nitrogens with zero attached hydrogens (tertiary/aromatic N) is 4. The summed E-state index contributed by atoms with van der Waals surface area (Å²) in [7, 11) is 0. The molecule has 2 aromatic heterocycles. The molecule has 7 heteroatoms. The molecule has 1 aromatic carbocycles. The number of carbonyl (C=O) groups is 1. The summed E-state index contributed by atoms with van der Waals surface area (Å²) in [5, 5.41) is 4.63. The van der Waals surface area contributed by atoms with Gasteiger partial charge >= 0.3 is 0 Å². The average molecular weight is 423 g/mol. The van der Waals surface area contributed by atoms with Crippen LogP contribution in [0.25, 0.3) is 5.65 Å². The minimum absolute atomic E-state index is 0.0450. The fourth-order valence-corrected chi connectivity index (χ4v) is 5.18. The van der Waals surface area contributed by atoms with Crippen LogP contribution >= 0.6 is 0 Å². The van der Waals surface area contributed by atoms with Crippen LogP contribution in [0.5, 0.6) is 0 Å². The first-order chi connectivity index (χ1) is 15.2. The lowest BCUT2D eigenvalue weighted by atomic mass is 9.77. The first kappa shape index (κ1) is 20.1. The quantitative estimate of drug-likeness (QED) is 0.647. The summed E-state index contributed by atoms with van der Waals surface area (Å²) in [5.74, 6) is -0.0965. The van der Waals surface area contributed by atoms with E-state index in [-0.39, 0.29) is 17.6 Å². The van der Waals surface area contributed by atoms with Gasteiger partial charge in [0, 0.05) is 37.0 Å². The lowest BCUT2D eigenvalue weighted by Crippen LogP contribution is -2.48. The topological polar surface area (TPSA) is 59.7 Å². The third kappa shape index (κ3) is 3.83. The SMILES string of the molecule is O=C(N1CCOC[C@@H](Cc2ccc3nccn3n2)C1)C1(c2ccccc2F)CCCC1. The summed E-state index contributed by atoms with van der Waals surface area (Å²) in [6.45, 7) is 2.22. The van der Waals surface area contributed by atoms with Crippen LogP contribution in [-0.4, -0.2) is 51.7 Å². The summed E-state index contributed by atoms with van der Waals surface area (Å²) in [5.41, 5.74) is 1.55. The number of ether oxygens (including phenoxy) is 1. The fourth-order valence-electron chi connectivity index (χ4n) is 5.18. The molecule has 6 nitrogen and oxygen atoms in total. The molecule has 3 heterocycles. The van der Waals surface area contributed by atoms with Gasteiger partial charge < -0.3 is 9.64 Å². The van der Waals surface area contributed by atoms with Crippen LogP contribution in [0.15, 0.2) is 48.8 Å². The highest BCUT2D eigenvalue weighted by atomic mass is 19.1. The number of rotatable bonds is 4. The van der Waals surface area contributed by atoms with Crippen molar-refractivity contribution in [2.75, 3.05) is 26.3 Å². The van der Waals surface area contributed by atoms with E-state index in [2.05, 4.69) is 10.1 Å². The van der Waals surface area contributed by atoms with Crippen molar-refractivity contribution in [1.29, 1.82) is 0 Å². The van der Waals surface area contributed by atoms with Crippen molar-refractivity contribution in [2.24, 2.45) is 5.92 Å². The van der Waals surface area contributed by atoms with Crippen LogP contribution in [0, 0.1) is 11.7 Å². The molecule has 1 saturated carbocycles. The standard InChI is InChI=1S/C24H27FN4O2/c25-21-6-2-1-5-20(21)24(9-3-4-10-24)23(30)28-13-14-31-17-18(16-28)15-19-7-8-22-26-11-12-29(22)27-19/h1-2,5-8,11-12,18H,3-4,9-10,13-17H2/t18-/m0/s1. The lowest BCUT2D eigenvalue weighted by Gasteiger charge is -2.35. The number of imidazole rings is 1. The van der Waals surface area contributed by atoms with E-state index in [4.69, 9.17) is 4.74 Å². The van der Waals surface area contributed by atoms with Gasteiger partial charge in [-0.1, -0.05) is 31.0 Å². The number of hydrogen-bond acceptors (Lipinski definition) is 4. The van der Waals surface area contributed by atoms with Crippen molar-refractivity contribution >= 4 is 11.6 Å². The number of carbonyl (C=O) groups excluding carboxylic acids is 1. The molecule has 0 N–H and O–H groups in total. The molecular formula is C24H27FN4O2. The maximum absolute atomic E-state index is 14.7. The predicted molar refractivity (Wildman–Crippen MR) is 114 cm³/mol. The largest absolute Gasteiger partial charge is 0.379 e. The smallest absolute Gasteiger partial charge is 0.233 e. The molecule has 31 heavy (non-hydrogen) atoms. The van der Waals surface area contributed by atoms with Crippen LogP contribution in [0.2, 0.25) is 0 Å². The molecular weight excluding hydrogens is 395 g/mol. The minimum Gasteiger partial charge on any atom is -0.379 e. The molecule has 0 unspecified atom stereocenters. The number of benzene rings is 1. The second kappa shape index (κ2) is 8.38. The molecule has 2 fully saturated rings. The van der Waals surface area contributed by atoms with Gasteiger partial charge in [-0.15, -0.1) is 0 Å². The molecule has 0 radical (unpaired) electrons. The van der Waals surface area contributed by atoms with Crippen LogP contribution in [0.1, 0.15) is 36.9 Å². The number of fused-ring (bicyclic) bond motifs is 1. The molecule has 5 rings (SSSR count). The van der Waals surface area contributed by atoms with Gasteiger partial charge in [0.05, 0.1) is 24.3 Å². The zero-order valence-electron chi connectivity index (χ0n) is 17.5. The van der Waals surface area contributed by atoms with Crippen molar-refractivity contribution in [3.05, 3.63) is 65.9 Å². The Bertz CT molecular complexity index is 1080. The molecule has 1 atom stereocenters. The second-order valence-corrected chi connectivity index (χ2v) is 8.72. The zero-order valence-corrected chi connectivity index (χ0v) is 17.5. The van der Waals surface area contributed by atoms with E-state index in [9.17, 15) is 9.18 Å². The number of amides is 1. The van der Waals surface area contributed by atoms with Gasteiger partial charge in [0.15, 0.2) is 5.65 Å². The van der Waals surface area contributed by atoms with Crippen LogP contribution in [0.4, 0.5) is 4.39 Å². The Labute approximate surface area is 181 Å². The van der Waals surface area contributed by atoms with Crippen LogP contribution in [-0.2, 0) is 21.4 Å². The number of hydrogen-bond donors (Lipinski definition) is 0. The molecule has 1 aliphatic carbocycles. The first-order valence-corrected chi connectivity index (χ1v) is 11.1. The van der Waals surface area contributed by atoms with E-state index in [1.807, 2.05) is 29.3 Å². The Kier molecular flexibility index (Phi) is 5.44. The third-order valence-corrected chi connectivity index (χ3v) is 6.69. The van der Waals surface area contributed by atoms with Crippen LogP contribution in [0.3, 0.4) is 0 Å². The predicted octanol–water partition coefficient (Wildman–Crippen LogP) is 3.40. The number of halogens is 1. The zero-order chi connectivity index (χ0) is 21.3.